The standard InChI is InChI=1S/C24H24N2O2S/c1-29-15-23(28)25-12-16-10-20(14-25)24-21(8-9-22(27)26(24)13-16)19-7-6-17-4-2-3-5-18(17)11-19/h2-9,11,16,20H,10,12-15H2,1H3. The second-order valence-corrected chi connectivity index (χ2v) is 9.04. The number of fused-ring (bicyclic) bond motifs is 5. The molecule has 4 nitrogen and oxygen atoms in total. The Morgan fingerprint density at radius 2 is 1.86 bits per heavy atom. The summed E-state index contributed by atoms with van der Waals surface area (Å²) in [6.45, 7) is 2.18. The van der Waals surface area contributed by atoms with Crippen molar-refractivity contribution in [2.75, 3.05) is 25.1 Å². The third-order valence-electron chi connectivity index (χ3n) is 6.27. The van der Waals surface area contributed by atoms with Gasteiger partial charge in [0.2, 0.25) is 5.91 Å². The first-order valence-corrected chi connectivity index (χ1v) is 11.5. The summed E-state index contributed by atoms with van der Waals surface area (Å²) in [5.41, 5.74) is 3.44. The lowest BCUT2D eigenvalue weighted by Crippen LogP contribution is -2.49. The van der Waals surface area contributed by atoms with Crippen LogP contribution in [-0.2, 0) is 11.3 Å². The molecule has 1 aromatic heterocycles. The third kappa shape index (κ3) is 3.27. The molecule has 1 saturated heterocycles. The van der Waals surface area contributed by atoms with E-state index in [4.69, 9.17) is 0 Å². The topological polar surface area (TPSA) is 42.3 Å². The van der Waals surface area contributed by atoms with Crippen LogP contribution in [-0.4, -0.2) is 40.5 Å². The monoisotopic (exact) mass is 404 g/mol. The van der Waals surface area contributed by atoms with Gasteiger partial charge in [0.15, 0.2) is 0 Å². The highest BCUT2D eigenvalue weighted by Crippen LogP contribution is 2.40. The van der Waals surface area contributed by atoms with Crippen molar-refractivity contribution in [1.29, 1.82) is 0 Å². The van der Waals surface area contributed by atoms with E-state index >= 15 is 0 Å². The van der Waals surface area contributed by atoms with Crippen LogP contribution in [0.2, 0.25) is 0 Å². The van der Waals surface area contributed by atoms with E-state index in [2.05, 4.69) is 36.4 Å². The van der Waals surface area contributed by atoms with Crippen molar-refractivity contribution in [1.82, 2.24) is 9.47 Å². The van der Waals surface area contributed by atoms with Gasteiger partial charge in [0.1, 0.15) is 0 Å². The molecule has 3 heterocycles. The summed E-state index contributed by atoms with van der Waals surface area (Å²) >= 11 is 1.57. The van der Waals surface area contributed by atoms with E-state index < -0.39 is 0 Å². The van der Waals surface area contributed by atoms with E-state index in [0.29, 0.717) is 24.8 Å². The van der Waals surface area contributed by atoms with Crippen molar-refractivity contribution in [2.45, 2.75) is 18.9 Å². The van der Waals surface area contributed by atoms with E-state index in [0.717, 1.165) is 29.8 Å². The minimum absolute atomic E-state index is 0.0723. The lowest BCUT2D eigenvalue weighted by Gasteiger charge is -2.43. The number of amides is 1. The van der Waals surface area contributed by atoms with Gasteiger partial charge in [0, 0.05) is 42.9 Å². The molecule has 29 heavy (non-hydrogen) atoms. The summed E-state index contributed by atoms with van der Waals surface area (Å²) in [6, 6.07) is 18.5. The molecule has 2 aliphatic heterocycles. The molecule has 0 N–H and O–H groups in total. The molecule has 0 aliphatic carbocycles. The second kappa shape index (κ2) is 7.38. The van der Waals surface area contributed by atoms with E-state index in [1.165, 1.54) is 10.8 Å². The van der Waals surface area contributed by atoms with Gasteiger partial charge >= 0.3 is 0 Å². The van der Waals surface area contributed by atoms with Crippen LogP contribution in [0.5, 0.6) is 0 Å². The molecular formula is C24H24N2O2S. The van der Waals surface area contributed by atoms with Gasteiger partial charge in [0.25, 0.3) is 5.56 Å². The van der Waals surface area contributed by atoms with Gasteiger partial charge in [-0.2, -0.15) is 11.8 Å². The van der Waals surface area contributed by atoms with Crippen LogP contribution in [0.1, 0.15) is 18.0 Å². The minimum atomic E-state index is 0.0723. The van der Waals surface area contributed by atoms with Crippen LogP contribution in [0.3, 0.4) is 0 Å². The van der Waals surface area contributed by atoms with Crippen LogP contribution in [0, 0.1) is 5.92 Å². The number of thioether (sulfide) groups is 1. The molecule has 0 saturated carbocycles. The molecule has 0 spiro atoms. The number of pyridine rings is 1. The number of hydrogen-bond acceptors (Lipinski definition) is 3. The van der Waals surface area contributed by atoms with Gasteiger partial charge in [-0.15, -0.1) is 0 Å². The van der Waals surface area contributed by atoms with E-state index in [1.807, 2.05) is 27.9 Å². The van der Waals surface area contributed by atoms with Crippen molar-refractivity contribution >= 4 is 28.4 Å². The molecule has 2 bridgehead atoms. The molecule has 0 radical (unpaired) electrons. The molecular weight excluding hydrogens is 380 g/mol. The van der Waals surface area contributed by atoms with Crippen LogP contribution in [0.25, 0.3) is 21.9 Å². The smallest absolute Gasteiger partial charge is 0.250 e. The van der Waals surface area contributed by atoms with Crippen LogP contribution in [0.15, 0.2) is 59.4 Å². The maximum Gasteiger partial charge on any atom is 0.250 e. The highest BCUT2D eigenvalue weighted by Gasteiger charge is 2.37. The van der Waals surface area contributed by atoms with Gasteiger partial charge < -0.3 is 9.47 Å². The minimum Gasteiger partial charge on any atom is -0.341 e. The lowest BCUT2D eigenvalue weighted by atomic mass is 9.80. The second-order valence-electron chi connectivity index (χ2n) is 8.17. The van der Waals surface area contributed by atoms with E-state index in [-0.39, 0.29) is 17.4 Å². The van der Waals surface area contributed by atoms with Gasteiger partial charge in [-0.1, -0.05) is 36.4 Å². The summed E-state index contributed by atoms with van der Waals surface area (Å²) in [6.07, 6.45) is 3.02. The Kier molecular flexibility index (Phi) is 4.70. The number of rotatable bonds is 3. The van der Waals surface area contributed by atoms with E-state index in [9.17, 15) is 9.59 Å². The largest absolute Gasteiger partial charge is 0.341 e. The Morgan fingerprint density at radius 3 is 2.69 bits per heavy atom. The fourth-order valence-electron chi connectivity index (χ4n) is 5.03. The summed E-state index contributed by atoms with van der Waals surface area (Å²) < 4.78 is 1.97. The number of aromatic nitrogens is 1. The number of piperidine rings is 1. The number of likely N-dealkylation sites (tertiary alicyclic amines) is 1. The lowest BCUT2D eigenvalue weighted by molar-refractivity contribution is -0.131. The molecule has 5 heteroatoms. The van der Waals surface area contributed by atoms with Crippen LogP contribution >= 0.6 is 11.8 Å². The predicted octanol–water partition coefficient (Wildman–Crippen LogP) is 3.98. The van der Waals surface area contributed by atoms with Gasteiger partial charge in [-0.05, 0) is 47.1 Å². The molecule has 2 atom stereocenters. The number of benzene rings is 2. The Labute approximate surface area is 174 Å². The van der Waals surface area contributed by atoms with Crippen LogP contribution in [0.4, 0.5) is 0 Å². The normalized spacial score (nSPS) is 20.5. The van der Waals surface area contributed by atoms with Crippen molar-refractivity contribution < 1.29 is 4.79 Å². The summed E-state index contributed by atoms with van der Waals surface area (Å²) in [5, 5.41) is 2.41. The first-order chi connectivity index (χ1) is 14.1. The maximum atomic E-state index is 12.7. The third-order valence-corrected chi connectivity index (χ3v) is 6.81. The van der Waals surface area contributed by atoms with Crippen molar-refractivity contribution in [3.8, 4) is 11.1 Å². The van der Waals surface area contributed by atoms with Crippen molar-refractivity contribution in [3.63, 3.8) is 0 Å². The fourth-order valence-corrected chi connectivity index (χ4v) is 5.46. The first-order valence-electron chi connectivity index (χ1n) is 10.1. The summed E-state index contributed by atoms with van der Waals surface area (Å²) in [5.74, 6) is 1.31. The zero-order valence-corrected chi connectivity index (χ0v) is 17.3. The number of hydrogen-bond donors (Lipinski definition) is 0. The predicted molar refractivity (Wildman–Crippen MR) is 119 cm³/mol. The van der Waals surface area contributed by atoms with Gasteiger partial charge in [-0.3, -0.25) is 9.59 Å². The average Bonchev–Trinajstić information content (AvgIpc) is 2.74. The molecule has 3 aromatic rings. The van der Waals surface area contributed by atoms with Crippen molar-refractivity contribution in [3.05, 3.63) is 70.6 Å². The summed E-state index contributed by atoms with van der Waals surface area (Å²) in [7, 11) is 0. The molecule has 2 aromatic carbocycles. The molecule has 2 unspecified atom stereocenters. The number of carbonyl (C=O) groups is 1. The SMILES string of the molecule is CSCC(=O)N1CC2CC(C1)c1c(-c3ccc4ccccc4c3)ccc(=O)n1C2. The first kappa shape index (κ1) is 18.5. The highest BCUT2D eigenvalue weighted by molar-refractivity contribution is 7.99. The molecule has 148 valence electrons. The molecule has 5 rings (SSSR count). The molecule has 1 amide bonds. The zero-order valence-electron chi connectivity index (χ0n) is 16.5. The maximum absolute atomic E-state index is 12.7. The fraction of sp³-hybridized carbons (Fsp3) is 0.333. The summed E-state index contributed by atoms with van der Waals surface area (Å²) in [4.78, 5) is 27.2. The van der Waals surface area contributed by atoms with Gasteiger partial charge in [0.05, 0.1) is 5.75 Å². The molecule has 2 aliphatic rings. The Morgan fingerprint density at radius 1 is 1.03 bits per heavy atom. The average molecular weight is 405 g/mol. The number of nitrogens with zero attached hydrogens (tertiary/aromatic N) is 2. The Balaban J connectivity index is 1.60. The highest BCUT2D eigenvalue weighted by atomic mass is 32.2. The quantitative estimate of drug-likeness (QED) is 0.663. The number of carbonyl (C=O) groups excluding carboxylic acids is 1. The van der Waals surface area contributed by atoms with Crippen LogP contribution < -0.4 is 5.56 Å². The zero-order chi connectivity index (χ0) is 20.0. The Hall–Kier alpha value is -2.53. The van der Waals surface area contributed by atoms with Gasteiger partial charge in [-0.25, -0.2) is 0 Å². The van der Waals surface area contributed by atoms with Crippen molar-refractivity contribution in [2.24, 2.45) is 5.92 Å². The Bertz CT molecular complexity index is 1150. The molecule has 1 fully saturated rings. The van der Waals surface area contributed by atoms with E-state index in [1.54, 1.807) is 17.8 Å².